The number of thiophene rings is 1. The molecule has 3 heterocycles. The lowest BCUT2D eigenvalue weighted by molar-refractivity contribution is 0.632. The van der Waals surface area contributed by atoms with Crippen LogP contribution in [-0.4, -0.2) is 28.0 Å². The molecule has 4 nitrogen and oxygen atoms in total. The van der Waals surface area contributed by atoms with Crippen LogP contribution in [0.2, 0.25) is 0 Å². The molecule has 0 saturated carbocycles. The van der Waals surface area contributed by atoms with Gasteiger partial charge in [-0.2, -0.15) is 0 Å². The van der Waals surface area contributed by atoms with Crippen molar-refractivity contribution in [2.75, 3.05) is 18.0 Å². The molecule has 0 spiro atoms. The van der Waals surface area contributed by atoms with E-state index in [9.17, 15) is 0 Å². The standard InChI is InChI=1S/C20H26N4S/c1-5-24(6-2)19-18-17(21-11-22-19)16-14-9-7-8-13(14)15(10-12(3)4)23-20(16)25-18/h11-12H,5-10H2,1-4H3. The molecule has 3 aromatic rings. The van der Waals surface area contributed by atoms with Crippen molar-refractivity contribution in [3.05, 3.63) is 23.1 Å². The second-order valence-corrected chi connectivity index (χ2v) is 8.30. The van der Waals surface area contributed by atoms with Crippen LogP contribution in [0.1, 0.15) is 50.9 Å². The Morgan fingerprint density at radius 1 is 1.12 bits per heavy atom. The number of anilines is 1. The van der Waals surface area contributed by atoms with Crippen LogP contribution in [-0.2, 0) is 19.3 Å². The van der Waals surface area contributed by atoms with Crippen LogP contribution in [0, 0.1) is 5.92 Å². The van der Waals surface area contributed by atoms with Crippen LogP contribution in [0.4, 0.5) is 5.82 Å². The van der Waals surface area contributed by atoms with Gasteiger partial charge in [-0.25, -0.2) is 15.0 Å². The van der Waals surface area contributed by atoms with Crippen molar-refractivity contribution in [3.8, 4) is 0 Å². The molecule has 0 N–H and O–H groups in total. The number of nitrogens with zero attached hydrogens (tertiary/aromatic N) is 4. The van der Waals surface area contributed by atoms with Gasteiger partial charge >= 0.3 is 0 Å². The highest BCUT2D eigenvalue weighted by Gasteiger charge is 2.25. The molecule has 1 aliphatic rings. The van der Waals surface area contributed by atoms with Gasteiger partial charge in [0.05, 0.1) is 10.2 Å². The lowest BCUT2D eigenvalue weighted by Gasteiger charge is -2.19. The van der Waals surface area contributed by atoms with Gasteiger partial charge in [0.2, 0.25) is 0 Å². The lowest BCUT2D eigenvalue weighted by Crippen LogP contribution is -2.23. The highest BCUT2D eigenvalue weighted by molar-refractivity contribution is 7.26. The maximum Gasteiger partial charge on any atom is 0.150 e. The van der Waals surface area contributed by atoms with E-state index >= 15 is 0 Å². The highest BCUT2D eigenvalue weighted by Crippen LogP contribution is 2.42. The van der Waals surface area contributed by atoms with E-state index in [0.717, 1.165) is 42.1 Å². The molecule has 0 saturated heterocycles. The Labute approximate surface area is 153 Å². The van der Waals surface area contributed by atoms with Crippen molar-refractivity contribution in [2.24, 2.45) is 5.92 Å². The highest BCUT2D eigenvalue weighted by atomic mass is 32.1. The molecule has 4 rings (SSSR count). The van der Waals surface area contributed by atoms with Crippen LogP contribution in [0.5, 0.6) is 0 Å². The number of aryl methyl sites for hydroxylation is 1. The Morgan fingerprint density at radius 3 is 2.60 bits per heavy atom. The first-order valence-corrected chi connectivity index (χ1v) is 10.3. The molecule has 5 heteroatoms. The summed E-state index contributed by atoms with van der Waals surface area (Å²) in [6.45, 7) is 10.8. The second kappa shape index (κ2) is 6.52. The predicted octanol–water partition coefficient (Wildman–Crippen LogP) is 4.77. The fourth-order valence-electron chi connectivity index (χ4n) is 4.07. The van der Waals surface area contributed by atoms with E-state index in [4.69, 9.17) is 4.98 Å². The molecule has 0 atom stereocenters. The topological polar surface area (TPSA) is 41.9 Å². The quantitative estimate of drug-likeness (QED) is 0.662. The minimum Gasteiger partial charge on any atom is -0.356 e. The normalized spacial score (nSPS) is 14.0. The van der Waals surface area contributed by atoms with E-state index < -0.39 is 0 Å². The third kappa shape index (κ3) is 2.69. The summed E-state index contributed by atoms with van der Waals surface area (Å²) < 4.78 is 1.20. The summed E-state index contributed by atoms with van der Waals surface area (Å²) >= 11 is 1.78. The molecule has 25 heavy (non-hydrogen) atoms. The van der Waals surface area contributed by atoms with Gasteiger partial charge in [-0.3, -0.25) is 0 Å². The molecule has 0 aliphatic heterocycles. The predicted molar refractivity (Wildman–Crippen MR) is 107 cm³/mol. The third-order valence-corrected chi connectivity index (χ3v) is 6.27. The van der Waals surface area contributed by atoms with Crippen molar-refractivity contribution in [2.45, 2.75) is 53.4 Å². The maximum absolute atomic E-state index is 5.11. The van der Waals surface area contributed by atoms with E-state index in [1.54, 1.807) is 17.7 Å². The lowest BCUT2D eigenvalue weighted by atomic mass is 9.99. The van der Waals surface area contributed by atoms with E-state index in [2.05, 4.69) is 42.6 Å². The van der Waals surface area contributed by atoms with E-state index in [1.807, 2.05) is 0 Å². The summed E-state index contributed by atoms with van der Waals surface area (Å²) in [6, 6.07) is 0. The van der Waals surface area contributed by atoms with E-state index in [0.29, 0.717) is 5.92 Å². The average molecular weight is 355 g/mol. The van der Waals surface area contributed by atoms with Crippen LogP contribution in [0.15, 0.2) is 6.33 Å². The maximum atomic E-state index is 5.11. The number of rotatable bonds is 5. The zero-order chi connectivity index (χ0) is 17.6. The number of pyridine rings is 1. The van der Waals surface area contributed by atoms with Gasteiger partial charge in [-0.1, -0.05) is 13.8 Å². The number of fused-ring (bicyclic) bond motifs is 5. The van der Waals surface area contributed by atoms with Crippen molar-refractivity contribution in [1.82, 2.24) is 15.0 Å². The smallest absolute Gasteiger partial charge is 0.150 e. The number of aromatic nitrogens is 3. The summed E-state index contributed by atoms with van der Waals surface area (Å²) in [5.74, 6) is 1.70. The summed E-state index contributed by atoms with van der Waals surface area (Å²) in [7, 11) is 0. The molecule has 0 fully saturated rings. The van der Waals surface area contributed by atoms with Gasteiger partial charge in [0.15, 0.2) is 0 Å². The van der Waals surface area contributed by atoms with Crippen LogP contribution in [0.3, 0.4) is 0 Å². The van der Waals surface area contributed by atoms with Crippen LogP contribution < -0.4 is 4.90 Å². The summed E-state index contributed by atoms with van der Waals surface area (Å²) in [5, 5.41) is 1.30. The average Bonchev–Trinajstić information content (AvgIpc) is 3.19. The van der Waals surface area contributed by atoms with Gasteiger partial charge < -0.3 is 4.90 Å². The Balaban J connectivity index is 2.01. The Kier molecular flexibility index (Phi) is 4.36. The monoisotopic (exact) mass is 354 g/mol. The molecule has 0 unspecified atom stereocenters. The Hall–Kier alpha value is -1.75. The van der Waals surface area contributed by atoms with Gasteiger partial charge in [0.25, 0.3) is 0 Å². The minimum atomic E-state index is 0.634. The van der Waals surface area contributed by atoms with Crippen molar-refractivity contribution < 1.29 is 0 Å². The fourth-order valence-corrected chi connectivity index (χ4v) is 5.26. The van der Waals surface area contributed by atoms with Gasteiger partial charge in [-0.15, -0.1) is 11.3 Å². The number of hydrogen-bond donors (Lipinski definition) is 0. The zero-order valence-corrected chi connectivity index (χ0v) is 16.4. The Bertz CT molecular complexity index is 924. The summed E-state index contributed by atoms with van der Waals surface area (Å²) in [4.78, 5) is 17.9. The molecule has 3 aromatic heterocycles. The van der Waals surface area contributed by atoms with Crippen LogP contribution in [0.25, 0.3) is 20.4 Å². The minimum absolute atomic E-state index is 0.634. The molecule has 0 aromatic carbocycles. The molecular weight excluding hydrogens is 328 g/mol. The van der Waals surface area contributed by atoms with E-state index in [1.165, 1.54) is 39.7 Å². The molecule has 1 aliphatic carbocycles. The fraction of sp³-hybridized carbons (Fsp3) is 0.550. The number of hydrogen-bond acceptors (Lipinski definition) is 5. The molecule has 0 radical (unpaired) electrons. The van der Waals surface area contributed by atoms with Gasteiger partial charge in [0.1, 0.15) is 17.0 Å². The largest absolute Gasteiger partial charge is 0.356 e. The van der Waals surface area contributed by atoms with E-state index in [-0.39, 0.29) is 0 Å². The summed E-state index contributed by atoms with van der Waals surface area (Å²) in [5.41, 5.74) is 5.44. The molecule has 0 bridgehead atoms. The first kappa shape index (κ1) is 16.7. The molecule has 132 valence electrons. The Morgan fingerprint density at radius 2 is 1.88 bits per heavy atom. The van der Waals surface area contributed by atoms with Crippen molar-refractivity contribution >= 4 is 37.6 Å². The first-order chi connectivity index (χ1) is 12.1. The third-order valence-electron chi connectivity index (χ3n) is 5.20. The zero-order valence-electron chi connectivity index (χ0n) is 15.6. The van der Waals surface area contributed by atoms with Gasteiger partial charge in [-0.05, 0) is 56.6 Å². The van der Waals surface area contributed by atoms with Crippen LogP contribution >= 0.6 is 11.3 Å². The second-order valence-electron chi connectivity index (χ2n) is 7.30. The van der Waals surface area contributed by atoms with Crippen molar-refractivity contribution in [1.29, 1.82) is 0 Å². The van der Waals surface area contributed by atoms with Crippen molar-refractivity contribution in [3.63, 3.8) is 0 Å². The van der Waals surface area contributed by atoms with Gasteiger partial charge in [0, 0.05) is 24.2 Å². The SMILES string of the molecule is CCN(CC)c1ncnc2c1sc1nc(CC(C)C)c3c(c12)CCC3. The molecule has 0 amide bonds. The summed E-state index contributed by atoms with van der Waals surface area (Å²) in [6.07, 6.45) is 6.38. The molecular formula is C20H26N4S. The first-order valence-electron chi connectivity index (χ1n) is 9.46.